The smallest absolute Gasteiger partial charge is 0.0342 e. The van der Waals surface area contributed by atoms with E-state index in [0.29, 0.717) is 12.0 Å². The minimum absolute atomic E-state index is 0.611. The summed E-state index contributed by atoms with van der Waals surface area (Å²) in [6.45, 7) is 2.12. The molecular weight excluding hydrogens is 298 g/mol. The Morgan fingerprint density at radius 3 is 2.37 bits per heavy atom. The first kappa shape index (κ1) is 12.7. The lowest BCUT2D eigenvalue weighted by molar-refractivity contribution is 0.373. The molecule has 1 aliphatic rings. The third kappa shape index (κ3) is 2.84. The average Bonchev–Trinajstić information content (AvgIpc) is 2.37. The number of hydrogen-bond donors (Lipinski definition) is 1. The van der Waals surface area contributed by atoms with Crippen LogP contribution >= 0.6 is 15.9 Å². The topological polar surface area (TPSA) is 12.0 Å². The molecular formula is C17H18BrN. The van der Waals surface area contributed by atoms with E-state index in [0.717, 1.165) is 0 Å². The fourth-order valence-electron chi connectivity index (χ4n) is 2.68. The quantitative estimate of drug-likeness (QED) is 0.829. The minimum atomic E-state index is 0.611. The first-order valence-corrected chi connectivity index (χ1v) is 7.59. The van der Waals surface area contributed by atoms with Gasteiger partial charge in [-0.1, -0.05) is 51.8 Å². The molecule has 0 atom stereocenters. The summed E-state index contributed by atoms with van der Waals surface area (Å²) in [5, 5.41) is 3.61. The van der Waals surface area contributed by atoms with Crippen LogP contribution in [-0.4, -0.2) is 6.04 Å². The highest BCUT2D eigenvalue weighted by Gasteiger charge is 2.31. The van der Waals surface area contributed by atoms with E-state index in [4.69, 9.17) is 0 Å². The Balaban J connectivity index is 1.58. The maximum absolute atomic E-state index is 3.65. The SMILES string of the molecule is Cc1ccc(NC2CC(c3ccccc3Br)C2)cc1. The molecule has 98 valence electrons. The summed E-state index contributed by atoms with van der Waals surface area (Å²) in [4.78, 5) is 0. The maximum atomic E-state index is 3.65. The van der Waals surface area contributed by atoms with Crippen LogP contribution in [0.1, 0.15) is 29.9 Å². The third-order valence-electron chi connectivity index (χ3n) is 3.91. The summed E-state index contributed by atoms with van der Waals surface area (Å²) in [7, 11) is 0. The fraction of sp³-hybridized carbons (Fsp3) is 0.294. The highest BCUT2D eigenvalue weighted by Crippen LogP contribution is 2.41. The first-order chi connectivity index (χ1) is 9.22. The number of hydrogen-bond acceptors (Lipinski definition) is 1. The molecule has 0 amide bonds. The standard InChI is InChI=1S/C17H18BrN/c1-12-6-8-14(9-7-12)19-15-10-13(11-15)16-4-2-3-5-17(16)18/h2-9,13,15,19H,10-11H2,1H3. The van der Waals surface area contributed by atoms with Crippen LogP contribution in [-0.2, 0) is 0 Å². The summed E-state index contributed by atoms with van der Waals surface area (Å²) in [5.41, 5.74) is 4.00. The minimum Gasteiger partial charge on any atom is -0.382 e. The normalized spacial score (nSPS) is 21.8. The number of benzene rings is 2. The number of rotatable bonds is 3. The molecule has 1 nitrogen and oxygen atoms in total. The Kier molecular flexibility index (Phi) is 3.61. The van der Waals surface area contributed by atoms with Crippen molar-refractivity contribution >= 4 is 21.6 Å². The zero-order valence-electron chi connectivity index (χ0n) is 11.1. The second kappa shape index (κ2) is 5.38. The highest BCUT2D eigenvalue weighted by atomic mass is 79.9. The van der Waals surface area contributed by atoms with Gasteiger partial charge in [0.25, 0.3) is 0 Å². The Morgan fingerprint density at radius 1 is 1.00 bits per heavy atom. The lowest BCUT2D eigenvalue weighted by atomic mass is 9.76. The van der Waals surface area contributed by atoms with E-state index in [9.17, 15) is 0 Å². The van der Waals surface area contributed by atoms with Crippen LogP contribution in [0.2, 0.25) is 0 Å². The Morgan fingerprint density at radius 2 is 1.68 bits per heavy atom. The van der Waals surface area contributed by atoms with E-state index in [1.165, 1.54) is 34.1 Å². The lowest BCUT2D eigenvalue weighted by Gasteiger charge is -2.37. The monoisotopic (exact) mass is 315 g/mol. The van der Waals surface area contributed by atoms with Gasteiger partial charge in [0.05, 0.1) is 0 Å². The summed E-state index contributed by atoms with van der Waals surface area (Å²) in [6, 6.07) is 17.8. The molecule has 19 heavy (non-hydrogen) atoms. The first-order valence-electron chi connectivity index (χ1n) is 6.80. The van der Waals surface area contributed by atoms with Crippen molar-refractivity contribution in [3.8, 4) is 0 Å². The third-order valence-corrected chi connectivity index (χ3v) is 4.63. The summed E-state index contributed by atoms with van der Waals surface area (Å²) in [6.07, 6.45) is 2.44. The molecule has 0 aliphatic heterocycles. The van der Waals surface area contributed by atoms with Crippen LogP contribution in [0, 0.1) is 6.92 Å². The summed E-state index contributed by atoms with van der Waals surface area (Å²) < 4.78 is 1.24. The molecule has 0 saturated heterocycles. The molecule has 2 heteroatoms. The van der Waals surface area contributed by atoms with Gasteiger partial charge in [-0.05, 0) is 49.4 Å². The molecule has 1 N–H and O–H groups in total. The molecule has 1 aliphatic carbocycles. The van der Waals surface area contributed by atoms with Crippen LogP contribution < -0.4 is 5.32 Å². The predicted octanol–water partition coefficient (Wildman–Crippen LogP) is 5.12. The van der Waals surface area contributed by atoms with E-state index in [-0.39, 0.29) is 0 Å². The molecule has 0 heterocycles. The molecule has 0 aromatic heterocycles. The molecule has 1 fully saturated rings. The van der Waals surface area contributed by atoms with Crippen molar-refractivity contribution in [3.05, 3.63) is 64.1 Å². The van der Waals surface area contributed by atoms with Gasteiger partial charge in [-0.15, -0.1) is 0 Å². The van der Waals surface area contributed by atoms with Gasteiger partial charge in [-0.2, -0.15) is 0 Å². The van der Waals surface area contributed by atoms with Gasteiger partial charge in [0, 0.05) is 16.2 Å². The Labute approximate surface area is 123 Å². The zero-order valence-corrected chi connectivity index (χ0v) is 12.7. The molecule has 0 unspecified atom stereocenters. The molecule has 2 aromatic carbocycles. The number of aryl methyl sites for hydroxylation is 1. The van der Waals surface area contributed by atoms with Gasteiger partial charge >= 0.3 is 0 Å². The molecule has 1 saturated carbocycles. The van der Waals surface area contributed by atoms with Crippen molar-refractivity contribution in [2.75, 3.05) is 5.32 Å². The number of halogens is 1. The molecule has 0 radical (unpaired) electrons. The van der Waals surface area contributed by atoms with Crippen molar-refractivity contribution in [2.24, 2.45) is 0 Å². The largest absolute Gasteiger partial charge is 0.382 e. The maximum Gasteiger partial charge on any atom is 0.0342 e. The van der Waals surface area contributed by atoms with Crippen molar-refractivity contribution in [1.82, 2.24) is 0 Å². The fourth-order valence-corrected chi connectivity index (χ4v) is 3.29. The highest BCUT2D eigenvalue weighted by molar-refractivity contribution is 9.10. The molecule has 3 rings (SSSR count). The summed E-state index contributed by atoms with van der Waals surface area (Å²) in [5.74, 6) is 0.693. The Bertz CT molecular complexity index is 556. The van der Waals surface area contributed by atoms with E-state index in [1.54, 1.807) is 0 Å². The van der Waals surface area contributed by atoms with Crippen LogP contribution in [0.15, 0.2) is 53.0 Å². The van der Waals surface area contributed by atoms with Crippen LogP contribution in [0.5, 0.6) is 0 Å². The van der Waals surface area contributed by atoms with Gasteiger partial charge in [0.15, 0.2) is 0 Å². The van der Waals surface area contributed by atoms with Crippen LogP contribution in [0.4, 0.5) is 5.69 Å². The van der Waals surface area contributed by atoms with Crippen molar-refractivity contribution in [1.29, 1.82) is 0 Å². The van der Waals surface area contributed by atoms with Crippen molar-refractivity contribution < 1.29 is 0 Å². The van der Waals surface area contributed by atoms with E-state index >= 15 is 0 Å². The Hall–Kier alpha value is -1.28. The zero-order chi connectivity index (χ0) is 13.2. The van der Waals surface area contributed by atoms with Gasteiger partial charge < -0.3 is 5.32 Å². The van der Waals surface area contributed by atoms with Gasteiger partial charge in [-0.25, -0.2) is 0 Å². The predicted molar refractivity (Wildman–Crippen MR) is 84.7 cm³/mol. The van der Waals surface area contributed by atoms with E-state index in [2.05, 4.69) is 76.7 Å². The van der Waals surface area contributed by atoms with Gasteiger partial charge in [0.1, 0.15) is 0 Å². The number of anilines is 1. The second-order valence-electron chi connectivity index (χ2n) is 5.40. The molecule has 0 bridgehead atoms. The van der Waals surface area contributed by atoms with Gasteiger partial charge in [0.2, 0.25) is 0 Å². The van der Waals surface area contributed by atoms with Crippen LogP contribution in [0.3, 0.4) is 0 Å². The molecule has 2 aromatic rings. The second-order valence-corrected chi connectivity index (χ2v) is 6.25. The molecule has 0 spiro atoms. The van der Waals surface area contributed by atoms with E-state index in [1.807, 2.05) is 0 Å². The van der Waals surface area contributed by atoms with Gasteiger partial charge in [-0.3, -0.25) is 0 Å². The average molecular weight is 316 g/mol. The van der Waals surface area contributed by atoms with Crippen molar-refractivity contribution in [2.45, 2.75) is 31.7 Å². The lowest BCUT2D eigenvalue weighted by Crippen LogP contribution is -2.34. The summed E-state index contributed by atoms with van der Waals surface area (Å²) >= 11 is 3.65. The van der Waals surface area contributed by atoms with E-state index < -0.39 is 0 Å². The number of nitrogens with one attached hydrogen (secondary N) is 1. The van der Waals surface area contributed by atoms with Crippen molar-refractivity contribution in [3.63, 3.8) is 0 Å². The van der Waals surface area contributed by atoms with Crippen LogP contribution in [0.25, 0.3) is 0 Å².